The third kappa shape index (κ3) is 4.83. The predicted octanol–water partition coefficient (Wildman–Crippen LogP) is 6.58. The minimum atomic E-state index is -4.95. The molecule has 4 aromatic rings. The van der Waals surface area contributed by atoms with E-state index in [0.29, 0.717) is 28.9 Å². The van der Waals surface area contributed by atoms with Crippen molar-refractivity contribution in [3.63, 3.8) is 0 Å². The summed E-state index contributed by atoms with van der Waals surface area (Å²) in [7, 11) is 0. The van der Waals surface area contributed by atoms with E-state index in [-0.39, 0.29) is 48.0 Å². The van der Waals surface area contributed by atoms with Crippen LogP contribution in [-0.4, -0.2) is 44.8 Å². The number of rotatable bonds is 3. The lowest BCUT2D eigenvalue weighted by Crippen LogP contribution is -2.49. The Morgan fingerprint density at radius 1 is 1.05 bits per heavy atom. The molecule has 2 aromatic heterocycles. The summed E-state index contributed by atoms with van der Waals surface area (Å²) < 4.78 is 75.4. The molecular weight excluding hydrogens is 585 g/mol. The Morgan fingerprint density at radius 3 is 2.50 bits per heavy atom. The number of hydrogen-bond donors (Lipinski definition) is 1. The van der Waals surface area contributed by atoms with Crippen LogP contribution in [0.2, 0.25) is 5.02 Å². The average molecular weight is 604 g/mol. The van der Waals surface area contributed by atoms with E-state index in [4.69, 9.17) is 16.3 Å². The number of alkyl halides is 3. The number of carbonyl (C=O) groups excluding carboxylic acids is 2. The zero-order valence-corrected chi connectivity index (χ0v) is 22.1. The van der Waals surface area contributed by atoms with E-state index in [1.807, 2.05) is 0 Å². The number of aromatic nitrogens is 3. The summed E-state index contributed by atoms with van der Waals surface area (Å²) in [5.74, 6) is -2.66. The van der Waals surface area contributed by atoms with E-state index in [0.717, 1.165) is 10.7 Å². The second-order valence-corrected chi connectivity index (χ2v) is 10.3. The lowest BCUT2D eigenvalue weighted by molar-refractivity contribution is -0.140. The molecular formula is C28H19ClF5N5O3. The lowest BCUT2D eigenvalue weighted by Gasteiger charge is -2.44. The molecule has 8 nitrogen and oxygen atoms in total. The second kappa shape index (κ2) is 10.1. The average Bonchev–Trinajstić information content (AvgIpc) is 3.40. The molecule has 0 saturated carbocycles. The number of hydrogen-bond acceptors (Lipinski definition) is 5. The van der Waals surface area contributed by atoms with Crippen molar-refractivity contribution in [3.8, 4) is 16.9 Å². The molecule has 14 heteroatoms. The molecule has 0 atom stereocenters. The molecule has 0 radical (unpaired) electrons. The van der Waals surface area contributed by atoms with E-state index in [1.54, 1.807) is 12.1 Å². The van der Waals surface area contributed by atoms with Gasteiger partial charge >= 0.3 is 12.3 Å². The van der Waals surface area contributed by atoms with Gasteiger partial charge in [0.25, 0.3) is 5.91 Å². The minimum absolute atomic E-state index is 0.0804. The maximum absolute atomic E-state index is 14.3. The summed E-state index contributed by atoms with van der Waals surface area (Å²) in [6.45, 7) is 0.194. The monoisotopic (exact) mass is 603 g/mol. The van der Waals surface area contributed by atoms with E-state index >= 15 is 0 Å². The normalized spacial score (nSPS) is 16.1. The summed E-state index contributed by atoms with van der Waals surface area (Å²) >= 11 is 5.89. The molecule has 0 unspecified atom stereocenters. The Balaban J connectivity index is 1.32. The molecule has 42 heavy (non-hydrogen) atoms. The maximum Gasteiger partial charge on any atom is 0.419 e. The number of carbonyl (C=O) groups is 2. The first-order chi connectivity index (χ1) is 19.9. The first kappa shape index (κ1) is 27.6. The number of nitrogens with one attached hydrogen (secondary N) is 1. The molecule has 0 aliphatic carbocycles. The van der Waals surface area contributed by atoms with Gasteiger partial charge in [0, 0.05) is 49.5 Å². The van der Waals surface area contributed by atoms with Crippen LogP contribution >= 0.6 is 11.6 Å². The van der Waals surface area contributed by atoms with Gasteiger partial charge in [0.2, 0.25) is 0 Å². The van der Waals surface area contributed by atoms with Crippen LogP contribution in [0.5, 0.6) is 0 Å². The van der Waals surface area contributed by atoms with Crippen LogP contribution < -0.4 is 5.32 Å². The topological polar surface area (TPSA) is 89.4 Å². The number of ether oxygens (including phenoxy) is 1. The third-order valence-corrected chi connectivity index (χ3v) is 7.61. The summed E-state index contributed by atoms with van der Waals surface area (Å²) in [5.41, 5.74) is -1.43. The number of benzene rings is 2. The predicted molar refractivity (Wildman–Crippen MR) is 140 cm³/mol. The quantitative estimate of drug-likeness (QED) is 0.267. The van der Waals surface area contributed by atoms with Gasteiger partial charge in [-0.25, -0.2) is 18.3 Å². The Labute approximate surface area is 239 Å². The van der Waals surface area contributed by atoms with Crippen molar-refractivity contribution in [2.75, 3.05) is 18.4 Å². The van der Waals surface area contributed by atoms with E-state index in [2.05, 4.69) is 15.4 Å². The first-order valence-electron chi connectivity index (χ1n) is 12.6. The number of halogens is 6. The van der Waals surface area contributed by atoms with Crippen molar-refractivity contribution >= 4 is 29.3 Å². The number of amides is 2. The van der Waals surface area contributed by atoms with Crippen LogP contribution in [0.4, 0.5) is 32.4 Å². The highest BCUT2D eigenvalue weighted by atomic mass is 35.5. The smallest absolute Gasteiger partial charge is 0.419 e. The maximum atomic E-state index is 14.3. The van der Waals surface area contributed by atoms with Crippen LogP contribution in [0, 0.1) is 11.6 Å². The van der Waals surface area contributed by atoms with Crippen LogP contribution in [0.3, 0.4) is 0 Å². The summed E-state index contributed by atoms with van der Waals surface area (Å²) in [4.78, 5) is 31.4. The van der Waals surface area contributed by atoms with Crippen LogP contribution in [0.25, 0.3) is 16.9 Å². The van der Waals surface area contributed by atoms with E-state index in [1.165, 1.54) is 35.5 Å². The van der Waals surface area contributed by atoms with Gasteiger partial charge in [-0.3, -0.25) is 15.1 Å². The lowest BCUT2D eigenvalue weighted by atomic mass is 9.82. The minimum Gasteiger partial charge on any atom is -0.438 e. The molecule has 6 rings (SSSR count). The van der Waals surface area contributed by atoms with E-state index in [9.17, 15) is 31.5 Å². The van der Waals surface area contributed by atoms with Crippen molar-refractivity contribution in [2.45, 2.75) is 24.6 Å². The molecule has 1 fully saturated rings. The van der Waals surface area contributed by atoms with Crippen LogP contribution in [-0.2, 0) is 16.5 Å². The van der Waals surface area contributed by atoms with Crippen LogP contribution in [0.1, 0.15) is 34.5 Å². The van der Waals surface area contributed by atoms with Crippen molar-refractivity contribution in [1.29, 1.82) is 0 Å². The van der Waals surface area contributed by atoms with Gasteiger partial charge in [-0.05, 0) is 48.5 Å². The first-order valence-corrected chi connectivity index (χ1v) is 13.0. The van der Waals surface area contributed by atoms with E-state index < -0.39 is 41.0 Å². The fourth-order valence-electron chi connectivity index (χ4n) is 5.26. The molecule has 2 amide bonds. The summed E-state index contributed by atoms with van der Waals surface area (Å²) in [5, 5.41) is 6.65. The number of nitrogens with zero attached hydrogens (tertiary/aromatic N) is 4. The Kier molecular flexibility index (Phi) is 6.64. The van der Waals surface area contributed by atoms with Gasteiger partial charge in [-0.1, -0.05) is 11.6 Å². The number of likely N-dealkylation sites (tertiary alicyclic amines) is 1. The van der Waals surface area contributed by atoms with Crippen molar-refractivity contribution in [1.82, 2.24) is 19.7 Å². The number of pyridine rings is 1. The zero-order chi connectivity index (χ0) is 29.8. The van der Waals surface area contributed by atoms with Gasteiger partial charge in [-0.15, -0.1) is 0 Å². The largest absolute Gasteiger partial charge is 0.438 e. The van der Waals surface area contributed by atoms with Crippen molar-refractivity contribution < 1.29 is 36.3 Å². The molecule has 1 saturated heterocycles. The molecule has 2 aromatic carbocycles. The van der Waals surface area contributed by atoms with Gasteiger partial charge < -0.3 is 9.64 Å². The third-order valence-electron chi connectivity index (χ3n) is 7.32. The summed E-state index contributed by atoms with van der Waals surface area (Å²) in [6.07, 6.45) is -2.44. The Hall–Kier alpha value is -4.52. The fraction of sp³-hybridized carbons (Fsp3) is 0.214. The highest BCUT2D eigenvalue weighted by Gasteiger charge is 2.46. The molecule has 1 N–H and O–H groups in total. The van der Waals surface area contributed by atoms with Gasteiger partial charge in [-0.2, -0.15) is 18.3 Å². The molecule has 0 bridgehead atoms. The molecule has 216 valence electrons. The molecule has 1 spiro atoms. The fourth-order valence-corrected chi connectivity index (χ4v) is 5.43. The molecule has 4 heterocycles. The van der Waals surface area contributed by atoms with Crippen molar-refractivity contribution in [2.24, 2.45) is 0 Å². The van der Waals surface area contributed by atoms with Crippen molar-refractivity contribution in [3.05, 3.63) is 94.4 Å². The summed E-state index contributed by atoms with van der Waals surface area (Å²) in [6, 6.07) is 9.61. The number of fused-ring (bicyclic) bond motifs is 2. The van der Waals surface area contributed by atoms with Crippen LogP contribution in [0.15, 0.2) is 60.9 Å². The number of anilines is 1. The SMILES string of the molecule is O=C1Nc2cc(Cl)c(F)cc2C2(CCN(C(=O)c3cc(-c4cccnc4)n(-c4ccc(F)c(C(F)(F)F)c4)n3)CC2)O1. The van der Waals surface area contributed by atoms with Gasteiger partial charge in [0.15, 0.2) is 5.69 Å². The highest BCUT2D eigenvalue weighted by Crippen LogP contribution is 2.45. The highest BCUT2D eigenvalue weighted by molar-refractivity contribution is 6.31. The Morgan fingerprint density at radius 2 is 1.81 bits per heavy atom. The molecule has 2 aliphatic heterocycles. The number of piperidine rings is 1. The second-order valence-electron chi connectivity index (χ2n) is 9.84. The zero-order valence-electron chi connectivity index (χ0n) is 21.4. The van der Waals surface area contributed by atoms with Gasteiger partial charge in [0.05, 0.1) is 27.7 Å². The Bertz CT molecular complexity index is 1720. The standard InChI is InChI=1S/C28H19ClF5N5O3/c29-19-12-22-18(11-21(19)31)27(42-26(41)36-22)5-8-38(9-6-27)25(40)23-13-24(15-2-1-7-35-14-15)39(37-23)16-3-4-20(30)17(10-16)28(32,33)34/h1-4,7,10-14H,5-6,8-9H2,(H,36,41). The molecule has 2 aliphatic rings. The van der Waals surface area contributed by atoms with Gasteiger partial charge in [0.1, 0.15) is 17.2 Å².